The zero-order valence-corrected chi connectivity index (χ0v) is 16.5. The first-order valence-corrected chi connectivity index (χ1v) is 8.37. The van der Waals surface area contributed by atoms with Gasteiger partial charge in [-0.3, -0.25) is 4.79 Å². The Hall–Kier alpha value is -0.570. The second kappa shape index (κ2) is 12.7. The maximum atomic E-state index is 10.9. The fourth-order valence-electron chi connectivity index (χ4n) is 2.47. The highest BCUT2D eigenvalue weighted by atomic mass is 79.9. The molecule has 1 aromatic rings. The molecule has 0 radical (unpaired) electrons. The zero-order valence-electron chi connectivity index (χ0n) is 13.4. The number of carbonyl (C=O) groups excluding carboxylic acids is 1. The fraction of sp³-hybridized carbons (Fsp3) is 0.533. The van der Waals surface area contributed by atoms with Gasteiger partial charge in [0.1, 0.15) is 38.5 Å². The van der Waals surface area contributed by atoms with Crippen molar-refractivity contribution in [1.29, 1.82) is 0 Å². The molecule has 0 spiro atoms. The second-order valence-electron chi connectivity index (χ2n) is 5.40. The molecule has 2 rings (SSSR count). The first kappa shape index (κ1) is 23.4. The summed E-state index contributed by atoms with van der Waals surface area (Å²) in [5.74, 6) is 0.255. The van der Waals surface area contributed by atoms with Gasteiger partial charge in [0.15, 0.2) is 6.61 Å². The van der Waals surface area contributed by atoms with Crippen LogP contribution in [0.2, 0.25) is 0 Å². The summed E-state index contributed by atoms with van der Waals surface area (Å²) in [6, 6.07) is 5.79. The summed E-state index contributed by atoms with van der Waals surface area (Å²) in [6.07, 6.45) is 0. The highest BCUT2D eigenvalue weighted by Gasteiger charge is 2.14. The number of nitrogens with one attached hydrogen (secondary N) is 1. The summed E-state index contributed by atoms with van der Waals surface area (Å²) in [5.41, 5.74) is 6.19. The highest BCUT2D eigenvalue weighted by molar-refractivity contribution is 9.10. The van der Waals surface area contributed by atoms with Crippen molar-refractivity contribution in [2.75, 3.05) is 46.0 Å². The number of ether oxygens (including phenoxy) is 2. The molecule has 0 bridgehead atoms. The molecule has 9 heteroatoms. The molecule has 0 atom stereocenters. The van der Waals surface area contributed by atoms with Gasteiger partial charge in [0.25, 0.3) is 5.91 Å². The number of morpholine rings is 1. The first-order chi connectivity index (χ1) is 10.6. The fourth-order valence-corrected chi connectivity index (χ4v) is 2.88. The van der Waals surface area contributed by atoms with Gasteiger partial charge >= 0.3 is 0 Å². The van der Waals surface area contributed by atoms with Crippen molar-refractivity contribution in [3.05, 3.63) is 28.2 Å². The number of amides is 1. The van der Waals surface area contributed by atoms with Crippen LogP contribution in [0.3, 0.4) is 0 Å². The number of carbonyl (C=O) groups is 1. The number of hydrogen-bond donors (Lipinski definition) is 3. The third-order valence-corrected chi connectivity index (χ3v) is 4.15. The molecule has 6 nitrogen and oxygen atoms in total. The van der Waals surface area contributed by atoms with E-state index in [2.05, 4.69) is 21.2 Å². The summed E-state index contributed by atoms with van der Waals surface area (Å²) in [6.45, 7) is 6.84. The SMILES string of the molecule is NC(=O)COc1ccc(Br)cc1C[NH2+]CC[NH+]1CCOCC1.[Cl-].[Cl-]. The van der Waals surface area contributed by atoms with Gasteiger partial charge in [-0.2, -0.15) is 0 Å². The molecule has 1 aromatic carbocycles. The van der Waals surface area contributed by atoms with Crippen molar-refractivity contribution in [3.8, 4) is 5.75 Å². The van der Waals surface area contributed by atoms with E-state index in [-0.39, 0.29) is 31.4 Å². The van der Waals surface area contributed by atoms with Gasteiger partial charge in [-0.25, -0.2) is 0 Å². The Bertz CT molecular complexity index is 503. The molecule has 0 aliphatic carbocycles. The van der Waals surface area contributed by atoms with Gasteiger partial charge in [0, 0.05) is 10.0 Å². The quantitative estimate of drug-likeness (QED) is 0.348. The van der Waals surface area contributed by atoms with Crippen LogP contribution in [0, 0.1) is 0 Å². The molecule has 0 unspecified atom stereocenters. The molecule has 1 amide bonds. The molecule has 1 heterocycles. The minimum absolute atomic E-state index is 0. The van der Waals surface area contributed by atoms with Crippen LogP contribution in [0.1, 0.15) is 5.56 Å². The van der Waals surface area contributed by atoms with E-state index in [1.54, 1.807) is 4.90 Å². The molecule has 0 saturated carbocycles. The minimum Gasteiger partial charge on any atom is -1.00 e. The minimum atomic E-state index is -0.464. The molecule has 1 saturated heterocycles. The third kappa shape index (κ3) is 8.50. The molecular formula is C15H24BrCl2N3O3. The number of hydrogen-bond acceptors (Lipinski definition) is 3. The van der Waals surface area contributed by atoms with E-state index in [9.17, 15) is 4.79 Å². The average molecular weight is 445 g/mol. The monoisotopic (exact) mass is 443 g/mol. The van der Waals surface area contributed by atoms with Crippen molar-refractivity contribution < 1.29 is 49.3 Å². The Balaban J connectivity index is 0.00000264. The van der Waals surface area contributed by atoms with Crippen LogP contribution in [-0.4, -0.2) is 51.9 Å². The van der Waals surface area contributed by atoms with Gasteiger partial charge in [-0.1, -0.05) is 15.9 Å². The Morgan fingerprint density at radius 1 is 1.33 bits per heavy atom. The Morgan fingerprint density at radius 3 is 2.71 bits per heavy atom. The molecule has 24 heavy (non-hydrogen) atoms. The molecule has 1 fully saturated rings. The molecule has 138 valence electrons. The van der Waals surface area contributed by atoms with Gasteiger partial charge in [-0.15, -0.1) is 0 Å². The van der Waals surface area contributed by atoms with Crippen LogP contribution in [-0.2, 0) is 16.1 Å². The lowest BCUT2D eigenvalue weighted by molar-refractivity contribution is -0.920. The summed E-state index contributed by atoms with van der Waals surface area (Å²) >= 11 is 3.47. The summed E-state index contributed by atoms with van der Waals surface area (Å²) in [7, 11) is 0. The number of rotatable bonds is 8. The van der Waals surface area contributed by atoms with Crippen molar-refractivity contribution in [3.63, 3.8) is 0 Å². The Kier molecular flexibility index (Phi) is 12.4. The normalized spacial score (nSPS) is 14.4. The number of benzene rings is 1. The molecule has 0 aromatic heterocycles. The van der Waals surface area contributed by atoms with Crippen molar-refractivity contribution in [1.82, 2.24) is 0 Å². The lowest BCUT2D eigenvalue weighted by Crippen LogP contribution is -3.16. The van der Waals surface area contributed by atoms with E-state index < -0.39 is 5.91 Å². The topological polar surface area (TPSA) is 82.6 Å². The largest absolute Gasteiger partial charge is 1.00 e. The molecule has 1 aliphatic heterocycles. The van der Waals surface area contributed by atoms with E-state index in [4.69, 9.17) is 15.2 Å². The van der Waals surface area contributed by atoms with Crippen LogP contribution < -0.4 is 45.5 Å². The van der Waals surface area contributed by atoms with Gasteiger partial charge in [0.05, 0.1) is 13.2 Å². The lowest BCUT2D eigenvalue weighted by atomic mass is 10.2. The van der Waals surface area contributed by atoms with E-state index in [0.717, 1.165) is 61.7 Å². The van der Waals surface area contributed by atoms with Crippen molar-refractivity contribution in [2.24, 2.45) is 5.73 Å². The Labute approximate surface area is 163 Å². The van der Waals surface area contributed by atoms with Crippen molar-refractivity contribution in [2.45, 2.75) is 6.54 Å². The van der Waals surface area contributed by atoms with Gasteiger partial charge in [0.2, 0.25) is 0 Å². The zero-order chi connectivity index (χ0) is 15.8. The molecular weight excluding hydrogens is 421 g/mol. The number of primary amides is 1. The average Bonchev–Trinajstić information content (AvgIpc) is 2.51. The first-order valence-electron chi connectivity index (χ1n) is 7.57. The predicted octanol–water partition coefficient (Wildman–Crippen LogP) is -7.70. The van der Waals surface area contributed by atoms with Crippen LogP contribution in [0.5, 0.6) is 5.75 Å². The van der Waals surface area contributed by atoms with Crippen molar-refractivity contribution >= 4 is 21.8 Å². The Morgan fingerprint density at radius 2 is 2.04 bits per heavy atom. The smallest absolute Gasteiger partial charge is 0.255 e. The van der Waals surface area contributed by atoms with E-state index in [0.29, 0.717) is 0 Å². The molecule has 1 aliphatic rings. The maximum Gasteiger partial charge on any atom is 0.255 e. The third-order valence-electron chi connectivity index (χ3n) is 3.66. The van der Waals surface area contributed by atoms with Crippen LogP contribution in [0.4, 0.5) is 0 Å². The number of nitrogens with two attached hydrogens (primary N) is 2. The predicted molar refractivity (Wildman–Crippen MR) is 85.7 cm³/mol. The maximum absolute atomic E-state index is 10.9. The van der Waals surface area contributed by atoms with E-state index in [1.165, 1.54) is 0 Å². The lowest BCUT2D eigenvalue weighted by Gasteiger charge is -2.22. The standard InChI is InChI=1S/C15H22BrN3O3.2ClH/c16-13-1-2-14(22-11-15(17)20)12(9-13)10-18-3-4-19-5-7-21-8-6-19;;/h1-2,9,18H,3-8,10-11H2,(H2,17,20);2*1H. The van der Waals surface area contributed by atoms with Gasteiger partial charge < -0.3 is 50.2 Å². The van der Waals surface area contributed by atoms with Crippen LogP contribution >= 0.6 is 15.9 Å². The number of halogens is 3. The highest BCUT2D eigenvalue weighted by Crippen LogP contribution is 2.22. The second-order valence-corrected chi connectivity index (χ2v) is 6.32. The van der Waals surface area contributed by atoms with E-state index >= 15 is 0 Å². The summed E-state index contributed by atoms with van der Waals surface area (Å²) in [4.78, 5) is 12.5. The van der Waals surface area contributed by atoms with E-state index in [1.807, 2.05) is 18.2 Å². The summed E-state index contributed by atoms with van der Waals surface area (Å²) < 4.78 is 11.8. The van der Waals surface area contributed by atoms with Crippen LogP contribution in [0.25, 0.3) is 0 Å². The molecule has 5 N–H and O–H groups in total. The van der Waals surface area contributed by atoms with Crippen LogP contribution in [0.15, 0.2) is 22.7 Å². The van der Waals surface area contributed by atoms with Gasteiger partial charge in [-0.05, 0) is 18.2 Å². The summed E-state index contributed by atoms with van der Waals surface area (Å²) in [5, 5.41) is 2.27. The number of quaternary nitrogens is 2.